The van der Waals surface area contributed by atoms with E-state index in [0.29, 0.717) is 35.4 Å². The zero-order valence-electron chi connectivity index (χ0n) is 15.9. The Morgan fingerprint density at radius 3 is 2.67 bits per heavy atom. The molecule has 1 aromatic carbocycles. The average molecular weight is 411 g/mol. The molecule has 1 aliphatic heterocycles. The first-order valence-electron chi connectivity index (χ1n) is 9.35. The quantitative estimate of drug-likeness (QED) is 0.476. The standard InChI is InChI=1S/C21H16F3N5O/c1-27-20(12-8-15(22)19(24)16(23)9-12)13-5-7-28(11-17(13)26-27)21(30)14-10-25-29-6-3-2-4-18(14)29/h2-4,6,8-10H,5,7,11H2,1H3. The summed E-state index contributed by atoms with van der Waals surface area (Å²) in [5.74, 6) is -4.16. The molecule has 0 saturated heterocycles. The van der Waals surface area contributed by atoms with E-state index < -0.39 is 17.5 Å². The number of carbonyl (C=O) groups is 1. The van der Waals surface area contributed by atoms with Crippen LogP contribution in [0, 0.1) is 17.5 Å². The maximum Gasteiger partial charge on any atom is 0.258 e. The van der Waals surface area contributed by atoms with Crippen molar-refractivity contribution in [3.63, 3.8) is 0 Å². The molecule has 9 heteroatoms. The van der Waals surface area contributed by atoms with E-state index in [1.165, 1.54) is 4.68 Å². The Morgan fingerprint density at radius 1 is 1.13 bits per heavy atom. The highest BCUT2D eigenvalue weighted by molar-refractivity contribution is 6.00. The SMILES string of the molecule is Cn1nc2c(c1-c1cc(F)c(F)c(F)c1)CCN(C(=O)c1cnn3ccccc13)C2. The van der Waals surface area contributed by atoms with Crippen molar-refractivity contribution < 1.29 is 18.0 Å². The second-order valence-electron chi connectivity index (χ2n) is 7.22. The molecule has 1 aliphatic rings. The summed E-state index contributed by atoms with van der Waals surface area (Å²) in [4.78, 5) is 14.7. The van der Waals surface area contributed by atoms with Gasteiger partial charge in [-0.1, -0.05) is 6.07 Å². The first kappa shape index (κ1) is 18.4. The van der Waals surface area contributed by atoms with Gasteiger partial charge in [0.25, 0.3) is 5.91 Å². The molecule has 0 aliphatic carbocycles. The predicted octanol–water partition coefficient (Wildman–Crippen LogP) is 3.35. The molecule has 30 heavy (non-hydrogen) atoms. The molecule has 0 bridgehead atoms. The number of pyridine rings is 1. The van der Waals surface area contributed by atoms with Gasteiger partial charge >= 0.3 is 0 Å². The van der Waals surface area contributed by atoms with Crippen LogP contribution in [0.3, 0.4) is 0 Å². The molecule has 4 heterocycles. The summed E-state index contributed by atoms with van der Waals surface area (Å²) >= 11 is 0. The van der Waals surface area contributed by atoms with Gasteiger partial charge in [0.05, 0.1) is 35.2 Å². The number of carbonyl (C=O) groups excluding carboxylic acids is 1. The molecule has 4 aromatic rings. The summed E-state index contributed by atoms with van der Waals surface area (Å²) in [6.45, 7) is 0.680. The Bertz CT molecular complexity index is 1290. The molecule has 0 radical (unpaired) electrons. The Kier molecular flexibility index (Phi) is 4.12. The number of hydrogen-bond acceptors (Lipinski definition) is 3. The topological polar surface area (TPSA) is 55.4 Å². The number of halogens is 3. The highest BCUT2D eigenvalue weighted by atomic mass is 19.2. The summed E-state index contributed by atoms with van der Waals surface area (Å²) in [6, 6.07) is 7.43. The van der Waals surface area contributed by atoms with Gasteiger partial charge in [0.15, 0.2) is 17.5 Å². The molecule has 152 valence electrons. The first-order chi connectivity index (χ1) is 14.4. The van der Waals surface area contributed by atoms with Gasteiger partial charge < -0.3 is 4.90 Å². The summed E-state index contributed by atoms with van der Waals surface area (Å²) in [5, 5.41) is 8.66. The summed E-state index contributed by atoms with van der Waals surface area (Å²) < 4.78 is 44.0. The van der Waals surface area contributed by atoms with Crippen LogP contribution in [0.25, 0.3) is 16.8 Å². The third kappa shape index (κ3) is 2.77. The van der Waals surface area contributed by atoms with Gasteiger partial charge in [0.2, 0.25) is 0 Å². The van der Waals surface area contributed by atoms with Gasteiger partial charge in [-0.3, -0.25) is 9.48 Å². The van der Waals surface area contributed by atoms with Gasteiger partial charge in [-0.15, -0.1) is 0 Å². The minimum atomic E-state index is -1.50. The Labute approximate surface area is 169 Å². The molecule has 5 rings (SSSR count). The minimum Gasteiger partial charge on any atom is -0.332 e. The second-order valence-corrected chi connectivity index (χ2v) is 7.22. The van der Waals surface area contributed by atoms with Crippen molar-refractivity contribution in [2.24, 2.45) is 7.05 Å². The number of nitrogens with zero attached hydrogens (tertiary/aromatic N) is 5. The van der Waals surface area contributed by atoms with Crippen LogP contribution in [0.1, 0.15) is 21.6 Å². The van der Waals surface area contributed by atoms with E-state index >= 15 is 0 Å². The van der Waals surface area contributed by atoms with Crippen molar-refractivity contribution in [2.75, 3.05) is 6.54 Å². The molecule has 0 N–H and O–H groups in total. The third-order valence-electron chi connectivity index (χ3n) is 5.40. The van der Waals surface area contributed by atoms with Crippen molar-refractivity contribution in [3.8, 4) is 11.3 Å². The van der Waals surface area contributed by atoms with Crippen LogP contribution < -0.4 is 0 Å². The monoisotopic (exact) mass is 411 g/mol. The lowest BCUT2D eigenvalue weighted by Crippen LogP contribution is -2.35. The molecule has 0 spiro atoms. The van der Waals surface area contributed by atoms with E-state index in [-0.39, 0.29) is 18.0 Å². The van der Waals surface area contributed by atoms with E-state index in [2.05, 4.69) is 10.2 Å². The number of benzene rings is 1. The zero-order valence-corrected chi connectivity index (χ0v) is 15.9. The van der Waals surface area contributed by atoms with E-state index in [9.17, 15) is 18.0 Å². The Balaban J connectivity index is 1.49. The molecule has 0 atom stereocenters. The molecular formula is C21H16F3N5O. The summed E-state index contributed by atoms with van der Waals surface area (Å²) in [7, 11) is 1.66. The Hall–Kier alpha value is -3.62. The maximum atomic E-state index is 13.7. The van der Waals surface area contributed by atoms with Crippen LogP contribution in [-0.2, 0) is 20.0 Å². The second kappa shape index (κ2) is 6.72. The van der Waals surface area contributed by atoms with Crippen molar-refractivity contribution in [1.82, 2.24) is 24.3 Å². The molecule has 6 nitrogen and oxygen atoms in total. The third-order valence-corrected chi connectivity index (χ3v) is 5.40. The fourth-order valence-corrected chi connectivity index (χ4v) is 4.02. The molecular weight excluding hydrogens is 395 g/mol. The van der Waals surface area contributed by atoms with Crippen LogP contribution in [0.4, 0.5) is 13.2 Å². The van der Waals surface area contributed by atoms with Gasteiger partial charge in [0, 0.05) is 30.9 Å². The average Bonchev–Trinajstić information content (AvgIpc) is 3.30. The van der Waals surface area contributed by atoms with Gasteiger partial charge in [-0.25, -0.2) is 17.7 Å². The predicted molar refractivity (Wildman–Crippen MR) is 102 cm³/mol. The number of rotatable bonds is 2. The first-order valence-corrected chi connectivity index (χ1v) is 9.35. The van der Waals surface area contributed by atoms with Crippen LogP contribution in [0.2, 0.25) is 0 Å². The van der Waals surface area contributed by atoms with E-state index in [1.807, 2.05) is 18.2 Å². The molecule has 3 aromatic heterocycles. The minimum absolute atomic E-state index is 0.159. The number of hydrogen-bond donors (Lipinski definition) is 0. The number of aromatic nitrogens is 4. The molecule has 0 fully saturated rings. The van der Waals surface area contributed by atoms with Gasteiger partial charge in [-0.2, -0.15) is 10.2 Å². The van der Waals surface area contributed by atoms with Crippen LogP contribution in [0.5, 0.6) is 0 Å². The van der Waals surface area contributed by atoms with E-state index in [1.54, 1.807) is 28.9 Å². The van der Waals surface area contributed by atoms with Crippen LogP contribution >= 0.6 is 0 Å². The molecule has 0 unspecified atom stereocenters. The Morgan fingerprint density at radius 2 is 1.90 bits per heavy atom. The number of fused-ring (bicyclic) bond motifs is 2. The molecule has 0 saturated carbocycles. The van der Waals surface area contributed by atoms with Gasteiger partial charge in [0.1, 0.15) is 0 Å². The lowest BCUT2D eigenvalue weighted by Gasteiger charge is -2.26. The van der Waals surface area contributed by atoms with Crippen molar-refractivity contribution >= 4 is 11.4 Å². The summed E-state index contributed by atoms with van der Waals surface area (Å²) in [6.07, 6.45) is 3.78. The number of aryl methyl sites for hydroxylation is 1. The fraction of sp³-hybridized carbons (Fsp3) is 0.190. The smallest absolute Gasteiger partial charge is 0.258 e. The van der Waals surface area contributed by atoms with Crippen molar-refractivity contribution in [2.45, 2.75) is 13.0 Å². The van der Waals surface area contributed by atoms with Crippen molar-refractivity contribution in [1.29, 1.82) is 0 Å². The van der Waals surface area contributed by atoms with E-state index in [4.69, 9.17) is 0 Å². The largest absolute Gasteiger partial charge is 0.332 e. The zero-order chi connectivity index (χ0) is 21.0. The van der Waals surface area contributed by atoms with Gasteiger partial charge in [-0.05, 0) is 30.7 Å². The lowest BCUT2D eigenvalue weighted by molar-refractivity contribution is 0.0734. The lowest BCUT2D eigenvalue weighted by atomic mass is 9.99. The van der Waals surface area contributed by atoms with Crippen molar-refractivity contribution in [3.05, 3.63) is 77.0 Å². The summed E-state index contributed by atoms with van der Waals surface area (Å²) in [5.41, 5.74) is 3.39. The fourth-order valence-electron chi connectivity index (χ4n) is 4.02. The number of amides is 1. The maximum absolute atomic E-state index is 13.7. The van der Waals surface area contributed by atoms with Crippen LogP contribution in [0.15, 0.2) is 42.7 Å². The highest BCUT2D eigenvalue weighted by Crippen LogP contribution is 2.32. The van der Waals surface area contributed by atoms with E-state index in [0.717, 1.165) is 17.7 Å². The normalized spacial score (nSPS) is 13.7. The molecule has 1 amide bonds. The highest BCUT2D eigenvalue weighted by Gasteiger charge is 2.29. The van der Waals surface area contributed by atoms with Crippen LogP contribution in [-0.4, -0.2) is 36.7 Å².